The monoisotopic (exact) mass is 1340 g/mol. The summed E-state index contributed by atoms with van der Waals surface area (Å²) in [6, 6.07) is 33.5. The minimum absolute atomic E-state index is 0.0149. The first-order valence-electron chi connectivity index (χ1n) is 28.0. The number of carbonyl (C=O) groups is 4. The van der Waals surface area contributed by atoms with Crippen molar-refractivity contribution in [2.24, 2.45) is 0 Å². The zero-order chi connectivity index (χ0) is 69.2. The van der Waals surface area contributed by atoms with Crippen LogP contribution in [0.25, 0.3) is 0 Å². The van der Waals surface area contributed by atoms with Crippen molar-refractivity contribution in [3.63, 3.8) is 0 Å². The fourth-order valence-electron chi connectivity index (χ4n) is 8.05. The topological polar surface area (TPSA) is 282 Å². The van der Waals surface area contributed by atoms with Crippen molar-refractivity contribution in [3.8, 4) is 70.7 Å². The molecular formula is C70H44ClF5N14O8. The first-order valence-corrected chi connectivity index (χ1v) is 28.4. The number of terminal acetylenes is 2. The Bertz CT molecular complexity index is 4860. The van der Waals surface area contributed by atoms with Crippen LogP contribution in [0, 0.1) is 53.8 Å². The number of nitrogens with zero attached hydrogens (tertiary/aromatic N) is 10. The maximum atomic E-state index is 13.8. The van der Waals surface area contributed by atoms with Gasteiger partial charge in [0.1, 0.15) is 88.8 Å². The Morgan fingerprint density at radius 3 is 1.18 bits per heavy atom. The smallest absolute Gasteiger partial charge is 0.274 e. The van der Waals surface area contributed by atoms with E-state index in [1.165, 1.54) is 124 Å². The van der Waals surface area contributed by atoms with Crippen LogP contribution >= 0.6 is 11.6 Å². The molecule has 0 radical (unpaired) electrons. The zero-order valence-electron chi connectivity index (χ0n) is 50.1. The van der Waals surface area contributed by atoms with Crippen molar-refractivity contribution >= 4 is 58.0 Å². The van der Waals surface area contributed by atoms with Crippen molar-refractivity contribution in [1.82, 2.24) is 49.8 Å². The number of amides is 4. The summed E-state index contributed by atoms with van der Waals surface area (Å²) in [7, 11) is 0. The van der Waals surface area contributed by atoms with Gasteiger partial charge in [-0.3, -0.25) is 29.1 Å². The van der Waals surface area contributed by atoms with Crippen LogP contribution < -0.4 is 40.2 Å². The van der Waals surface area contributed by atoms with Crippen LogP contribution in [0.1, 0.15) is 52.8 Å². The Morgan fingerprint density at radius 2 is 0.745 bits per heavy atom. The van der Waals surface area contributed by atoms with Crippen LogP contribution in [0.4, 0.5) is 44.7 Å². The van der Waals surface area contributed by atoms with Gasteiger partial charge in [0.15, 0.2) is 23.0 Å². The summed E-state index contributed by atoms with van der Waals surface area (Å²) in [6.07, 6.45) is 30.3. The van der Waals surface area contributed by atoms with Gasteiger partial charge in [0.05, 0.1) is 49.6 Å². The van der Waals surface area contributed by atoms with Crippen molar-refractivity contribution in [1.29, 1.82) is 0 Å². The molecule has 0 saturated carbocycles. The standard InChI is InChI=1S/C19H12ClN3O2.C19H11F2N3O2.C16H10F2N4O2.C16H11FN4O2/c1-2-13-4-3-5-14(6-13)19(24)23-16-7-15(20)8-17(9-16)25-18-10-21-12-22-11-18;1-2-12-3-13(5-14(20)4-12)19(25)24-16-6-15(21)7-17(8-16)26-18-9-22-11-23-10-18;17-10-1-2-21-15(5-10)16(23)22-12-3-11(18)4-13(6-12)24-14-7-19-9-20-8-14;17-11-5-12(21-16(22)15-3-1-2-4-20-15)7-13(6-11)23-14-8-18-10-19-9-14/h1,3-12H,(H,23,24);1,3-11H,(H,24,25);1-9H,(H,22,23);1-10H,(H,21,22). The molecule has 4 amide bonds. The molecule has 0 atom stereocenters. The number of ether oxygens (including phenoxy) is 4. The molecule has 6 heterocycles. The second-order valence-corrected chi connectivity index (χ2v) is 19.8. The molecule has 0 bridgehead atoms. The van der Waals surface area contributed by atoms with Crippen molar-refractivity contribution < 1.29 is 60.1 Å². The highest BCUT2D eigenvalue weighted by molar-refractivity contribution is 6.31. The Kier molecular flexibility index (Phi) is 23.8. The summed E-state index contributed by atoms with van der Waals surface area (Å²) < 4.78 is 89.8. The molecule has 6 aromatic carbocycles. The Hall–Kier alpha value is -13.9. The normalized spacial score (nSPS) is 10.1. The molecular weight excluding hydrogens is 1300 g/mol. The van der Waals surface area contributed by atoms with Crippen LogP contribution in [-0.2, 0) is 0 Å². The summed E-state index contributed by atoms with van der Waals surface area (Å²) >= 11 is 6.10. The minimum Gasteiger partial charge on any atom is -0.454 e. The summed E-state index contributed by atoms with van der Waals surface area (Å²) in [6.45, 7) is 0. The third-order valence-electron chi connectivity index (χ3n) is 12.1. The fraction of sp³-hybridized carbons (Fsp3) is 0. The highest BCUT2D eigenvalue weighted by atomic mass is 35.5. The van der Waals surface area contributed by atoms with Gasteiger partial charge < -0.3 is 40.2 Å². The lowest BCUT2D eigenvalue weighted by molar-refractivity contribution is 0.101. The average Bonchev–Trinajstić information content (AvgIpc) is 0.958. The van der Waals surface area contributed by atoms with Crippen molar-refractivity contribution in [3.05, 3.63) is 301 Å². The quantitative estimate of drug-likeness (QED) is 0.0516. The van der Waals surface area contributed by atoms with E-state index < -0.39 is 46.8 Å². The molecule has 28 heteroatoms. The minimum atomic E-state index is -0.672. The highest BCUT2D eigenvalue weighted by Crippen LogP contribution is 2.31. The highest BCUT2D eigenvalue weighted by Gasteiger charge is 2.16. The van der Waals surface area contributed by atoms with Gasteiger partial charge in [0.2, 0.25) is 0 Å². The van der Waals surface area contributed by atoms with E-state index in [0.717, 1.165) is 48.5 Å². The number of halogens is 6. The van der Waals surface area contributed by atoms with Gasteiger partial charge in [-0.15, -0.1) is 12.8 Å². The van der Waals surface area contributed by atoms with Crippen LogP contribution in [0.3, 0.4) is 0 Å². The lowest BCUT2D eigenvalue weighted by Crippen LogP contribution is -2.14. The van der Waals surface area contributed by atoms with E-state index in [2.05, 4.69) is 82.9 Å². The molecule has 12 rings (SSSR count). The molecule has 6 aromatic heterocycles. The van der Waals surface area contributed by atoms with Crippen molar-refractivity contribution in [2.45, 2.75) is 0 Å². The SMILES string of the molecule is C#Cc1cc(F)cc(C(=O)Nc2cc(F)cc(Oc3cncnc3)c2)c1.C#Cc1cccc(C(=O)Nc2cc(Cl)cc(Oc3cncnc3)c2)c1.O=C(Nc1cc(F)cc(Oc2cncnc2)c1)c1cc(F)ccn1.O=C(Nc1cc(F)cc(Oc2cncnc2)c1)c1ccccn1. The molecule has 0 spiro atoms. The summed E-state index contributed by atoms with van der Waals surface area (Å²) in [4.78, 5) is 86.9. The number of carbonyl (C=O) groups excluding carboxylic acids is 4. The number of aromatic nitrogens is 10. The molecule has 484 valence electrons. The van der Waals surface area contributed by atoms with E-state index >= 15 is 0 Å². The van der Waals surface area contributed by atoms with Gasteiger partial charge >= 0.3 is 0 Å². The molecule has 12 aromatic rings. The number of hydrogen-bond acceptors (Lipinski definition) is 18. The molecule has 0 fully saturated rings. The number of anilines is 4. The average molecular weight is 1340 g/mol. The van der Waals surface area contributed by atoms with Crippen LogP contribution in [0.5, 0.6) is 46.0 Å². The number of nitrogens with one attached hydrogen (secondary N) is 4. The van der Waals surface area contributed by atoms with Gasteiger partial charge in [0.25, 0.3) is 23.6 Å². The molecule has 0 saturated heterocycles. The second kappa shape index (κ2) is 34.1. The van der Waals surface area contributed by atoms with Crippen LogP contribution in [0.2, 0.25) is 5.02 Å². The number of pyridine rings is 2. The van der Waals surface area contributed by atoms with Gasteiger partial charge in [0, 0.05) is 111 Å². The summed E-state index contributed by atoms with van der Waals surface area (Å²) in [5, 5.41) is 10.7. The van der Waals surface area contributed by atoms with Crippen LogP contribution in [0.15, 0.2) is 233 Å². The van der Waals surface area contributed by atoms with E-state index in [4.69, 9.17) is 43.4 Å². The fourth-order valence-corrected chi connectivity index (χ4v) is 8.27. The van der Waals surface area contributed by atoms with E-state index in [1.54, 1.807) is 60.7 Å². The molecule has 0 unspecified atom stereocenters. The summed E-state index contributed by atoms with van der Waals surface area (Å²) in [5.74, 6) is 2.08. The molecule has 22 nitrogen and oxygen atoms in total. The maximum absolute atomic E-state index is 13.8. The van der Waals surface area contributed by atoms with Gasteiger partial charge in [-0.25, -0.2) is 61.8 Å². The third-order valence-corrected chi connectivity index (χ3v) is 12.3. The Labute approximate surface area is 558 Å². The lowest BCUT2D eigenvalue weighted by Gasteiger charge is -2.10. The first-order chi connectivity index (χ1) is 47.5. The molecule has 0 aliphatic heterocycles. The second-order valence-electron chi connectivity index (χ2n) is 19.4. The van der Waals surface area contributed by atoms with E-state index in [9.17, 15) is 41.1 Å². The number of hydrogen-bond donors (Lipinski definition) is 4. The van der Waals surface area contributed by atoms with Gasteiger partial charge in [-0.2, -0.15) is 0 Å². The largest absolute Gasteiger partial charge is 0.454 e. The Balaban J connectivity index is 0.000000153. The van der Waals surface area contributed by atoms with Crippen molar-refractivity contribution in [2.75, 3.05) is 21.3 Å². The zero-order valence-corrected chi connectivity index (χ0v) is 50.9. The lowest BCUT2D eigenvalue weighted by atomic mass is 10.1. The van der Waals surface area contributed by atoms with Crippen LogP contribution in [-0.4, -0.2) is 73.5 Å². The number of benzene rings is 6. The van der Waals surface area contributed by atoms with Gasteiger partial charge in [-0.1, -0.05) is 35.6 Å². The maximum Gasteiger partial charge on any atom is 0.274 e. The van der Waals surface area contributed by atoms with E-state index in [-0.39, 0.29) is 62.7 Å². The molecule has 0 aliphatic rings. The first kappa shape index (κ1) is 68.4. The van der Waals surface area contributed by atoms with E-state index in [0.29, 0.717) is 50.6 Å². The predicted octanol–water partition coefficient (Wildman–Crippen LogP) is 14.2. The third kappa shape index (κ3) is 21.6. The molecule has 0 aliphatic carbocycles. The summed E-state index contributed by atoms with van der Waals surface area (Å²) in [5.41, 5.74) is 2.45. The predicted molar refractivity (Wildman–Crippen MR) is 348 cm³/mol. The number of rotatable bonds is 16. The van der Waals surface area contributed by atoms with Gasteiger partial charge in [-0.05, 0) is 84.9 Å². The molecule has 98 heavy (non-hydrogen) atoms. The molecule has 4 N–H and O–H groups in total. The Morgan fingerprint density at radius 1 is 0.347 bits per heavy atom. The van der Waals surface area contributed by atoms with E-state index in [1.807, 2.05) is 0 Å².